The molecule has 3 N–H and O–H groups in total. The van der Waals surface area contributed by atoms with Crippen LogP contribution in [0.15, 0.2) is 47.6 Å². The average molecular weight is 327 g/mol. The zero-order valence-electron chi connectivity index (χ0n) is 13.5. The van der Waals surface area contributed by atoms with Crippen molar-refractivity contribution in [1.82, 2.24) is 5.43 Å². The summed E-state index contributed by atoms with van der Waals surface area (Å²) in [4.78, 5) is 0. The molecule has 0 aliphatic heterocycles. The van der Waals surface area contributed by atoms with Crippen LogP contribution in [0.25, 0.3) is 0 Å². The van der Waals surface area contributed by atoms with Crippen molar-refractivity contribution in [1.29, 1.82) is 0 Å². The maximum atomic E-state index is 9.67. The molecule has 0 aromatic heterocycles. The predicted octanol–water partition coefficient (Wildman–Crippen LogP) is 4.14. The van der Waals surface area contributed by atoms with Crippen LogP contribution in [0.4, 0.5) is 5.69 Å². The van der Waals surface area contributed by atoms with Crippen molar-refractivity contribution in [3.05, 3.63) is 59.2 Å². The maximum absolute atomic E-state index is 9.67. The number of phenols is 1. The summed E-state index contributed by atoms with van der Waals surface area (Å²) in [7, 11) is 0. The third-order valence-electron chi connectivity index (χ3n) is 3.39. The Morgan fingerprint density at radius 3 is 2.65 bits per heavy atom. The van der Waals surface area contributed by atoms with Crippen LogP contribution in [0.1, 0.15) is 36.5 Å². The number of aromatic hydroxyl groups is 1. The minimum Gasteiger partial charge on any atom is -0.507 e. The van der Waals surface area contributed by atoms with Gasteiger partial charge in [-0.25, -0.2) is 0 Å². The van der Waals surface area contributed by atoms with Gasteiger partial charge in [-0.2, -0.15) is 5.10 Å². The molecule has 23 heavy (non-hydrogen) atoms. The summed E-state index contributed by atoms with van der Waals surface area (Å²) in [5.74, 6) is 0.573. The molecule has 2 aromatic carbocycles. The van der Waals surface area contributed by atoms with Gasteiger partial charge in [0.1, 0.15) is 5.75 Å². The quantitative estimate of drug-likeness (QED) is 0.449. The number of hydrazone groups is 1. The van der Waals surface area contributed by atoms with Gasteiger partial charge in [-0.1, -0.05) is 38.1 Å². The van der Waals surface area contributed by atoms with E-state index in [9.17, 15) is 5.11 Å². The van der Waals surface area contributed by atoms with Gasteiger partial charge in [0.2, 0.25) is 0 Å². The topological polar surface area (TPSA) is 56.7 Å². The minimum absolute atomic E-state index is 0.178. The fourth-order valence-electron chi connectivity index (χ4n) is 2.19. The van der Waals surface area contributed by atoms with Crippen LogP contribution < -0.4 is 10.7 Å². The molecule has 0 saturated heterocycles. The molecule has 0 saturated carbocycles. The van der Waals surface area contributed by atoms with E-state index in [0.717, 1.165) is 11.3 Å². The highest BCUT2D eigenvalue weighted by Crippen LogP contribution is 2.25. The van der Waals surface area contributed by atoms with E-state index < -0.39 is 0 Å². The highest BCUT2D eigenvalue weighted by molar-refractivity contribution is 7.80. The molecule has 120 valence electrons. The standard InChI is InChI=1S/C18H21N3OS/c1-12(2)15-9-8-13(3)10-16(15)20-18(23)21-19-11-14-6-4-5-7-17(14)22/h4-12,22H,1-3H3,(H2,20,21,23)/b19-11-. The van der Waals surface area contributed by atoms with Gasteiger partial charge < -0.3 is 10.4 Å². The van der Waals surface area contributed by atoms with E-state index in [1.54, 1.807) is 18.2 Å². The van der Waals surface area contributed by atoms with Crippen molar-refractivity contribution >= 4 is 29.2 Å². The van der Waals surface area contributed by atoms with Crippen LogP contribution in [0, 0.1) is 6.92 Å². The number of rotatable bonds is 4. The smallest absolute Gasteiger partial charge is 0.191 e. The summed E-state index contributed by atoms with van der Waals surface area (Å²) < 4.78 is 0. The van der Waals surface area contributed by atoms with E-state index in [1.807, 2.05) is 13.0 Å². The average Bonchev–Trinajstić information content (AvgIpc) is 2.49. The molecule has 5 heteroatoms. The highest BCUT2D eigenvalue weighted by atomic mass is 32.1. The molecule has 0 atom stereocenters. The van der Waals surface area contributed by atoms with Crippen LogP contribution in [0.5, 0.6) is 5.75 Å². The number of benzene rings is 2. The normalized spacial score (nSPS) is 11.0. The lowest BCUT2D eigenvalue weighted by Crippen LogP contribution is -2.24. The van der Waals surface area contributed by atoms with Crippen LogP contribution in [0.3, 0.4) is 0 Å². The third kappa shape index (κ3) is 4.79. The van der Waals surface area contributed by atoms with E-state index >= 15 is 0 Å². The Balaban J connectivity index is 2.03. The molecule has 0 spiro atoms. The fourth-order valence-corrected chi connectivity index (χ4v) is 2.35. The van der Waals surface area contributed by atoms with Crippen LogP contribution >= 0.6 is 12.2 Å². The summed E-state index contributed by atoms with van der Waals surface area (Å²) >= 11 is 5.28. The summed E-state index contributed by atoms with van der Waals surface area (Å²) in [6, 6.07) is 13.2. The monoisotopic (exact) mass is 327 g/mol. The van der Waals surface area contributed by atoms with Gasteiger partial charge in [-0.15, -0.1) is 0 Å². The van der Waals surface area contributed by atoms with Crippen LogP contribution in [-0.2, 0) is 0 Å². The minimum atomic E-state index is 0.178. The predicted molar refractivity (Wildman–Crippen MR) is 100 cm³/mol. The molecule has 0 fully saturated rings. The number of aryl methyl sites for hydroxylation is 1. The molecule has 2 aromatic rings. The van der Waals surface area contributed by atoms with Gasteiger partial charge >= 0.3 is 0 Å². The first-order valence-corrected chi connectivity index (χ1v) is 7.87. The number of phenolic OH excluding ortho intramolecular Hbond substituents is 1. The SMILES string of the molecule is Cc1ccc(C(C)C)c(NC(=S)N/N=C\c2ccccc2O)c1. The second-order valence-corrected chi connectivity index (χ2v) is 6.04. The van der Waals surface area contributed by atoms with Gasteiger partial charge in [-0.3, -0.25) is 5.43 Å². The Hall–Kier alpha value is -2.40. The van der Waals surface area contributed by atoms with Crippen molar-refractivity contribution in [3.8, 4) is 5.75 Å². The summed E-state index contributed by atoms with van der Waals surface area (Å²) in [6.45, 7) is 6.33. The second kappa shape index (κ2) is 7.74. The summed E-state index contributed by atoms with van der Waals surface area (Å²) in [5, 5.41) is 17.3. The van der Waals surface area contributed by atoms with E-state index in [-0.39, 0.29) is 5.75 Å². The molecular weight excluding hydrogens is 306 g/mol. The molecule has 0 aliphatic carbocycles. The Morgan fingerprint density at radius 1 is 1.22 bits per heavy atom. The van der Waals surface area contributed by atoms with Crippen LogP contribution in [0.2, 0.25) is 0 Å². The van der Waals surface area contributed by atoms with Crippen molar-refractivity contribution in [2.45, 2.75) is 26.7 Å². The molecule has 2 rings (SSSR count). The van der Waals surface area contributed by atoms with Crippen molar-refractivity contribution in [3.63, 3.8) is 0 Å². The van der Waals surface area contributed by atoms with Crippen molar-refractivity contribution in [2.24, 2.45) is 5.10 Å². The molecular formula is C18H21N3OS. The number of para-hydroxylation sites is 1. The Morgan fingerprint density at radius 2 is 1.96 bits per heavy atom. The van der Waals surface area contributed by atoms with E-state index in [2.05, 4.69) is 47.9 Å². The van der Waals surface area contributed by atoms with Gasteiger partial charge in [0.05, 0.1) is 6.21 Å². The lowest BCUT2D eigenvalue weighted by atomic mass is 9.99. The molecule has 0 aliphatic rings. The third-order valence-corrected chi connectivity index (χ3v) is 3.58. The molecule has 0 radical (unpaired) electrons. The Labute approximate surface area is 142 Å². The number of hydrogen-bond acceptors (Lipinski definition) is 3. The first-order chi connectivity index (χ1) is 11.0. The molecule has 0 heterocycles. The van der Waals surface area contributed by atoms with Gasteiger partial charge in [-0.05, 0) is 54.4 Å². The van der Waals surface area contributed by atoms with E-state index in [4.69, 9.17) is 12.2 Å². The first kappa shape index (κ1) is 17.0. The molecule has 0 bridgehead atoms. The summed E-state index contributed by atoms with van der Waals surface area (Å²) in [6.07, 6.45) is 1.53. The fraction of sp³-hybridized carbons (Fsp3) is 0.222. The lowest BCUT2D eigenvalue weighted by molar-refractivity contribution is 0.474. The molecule has 0 unspecified atom stereocenters. The highest BCUT2D eigenvalue weighted by Gasteiger charge is 2.08. The zero-order valence-corrected chi connectivity index (χ0v) is 14.3. The zero-order chi connectivity index (χ0) is 16.8. The van der Waals surface area contributed by atoms with Gasteiger partial charge in [0.25, 0.3) is 0 Å². The second-order valence-electron chi connectivity index (χ2n) is 5.63. The number of hydrogen-bond donors (Lipinski definition) is 3. The van der Waals surface area contributed by atoms with Crippen molar-refractivity contribution in [2.75, 3.05) is 5.32 Å². The number of nitrogens with zero attached hydrogens (tertiary/aromatic N) is 1. The maximum Gasteiger partial charge on any atom is 0.191 e. The number of nitrogens with one attached hydrogen (secondary N) is 2. The molecule has 4 nitrogen and oxygen atoms in total. The number of thiocarbonyl (C=S) groups is 1. The first-order valence-electron chi connectivity index (χ1n) is 7.46. The van der Waals surface area contributed by atoms with Gasteiger partial charge in [0, 0.05) is 11.3 Å². The van der Waals surface area contributed by atoms with Crippen LogP contribution in [-0.4, -0.2) is 16.4 Å². The van der Waals surface area contributed by atoms with Gasteiger partial charge in [0.15, 0.2) is 5.11 Å². The number of anilines is 1. The van der Waals surface area contributed by atoms with E-state index in [1.165, 1.54) is 11.8 Å². The summed E-state index contributed by atoms with van der Waals surface area (Å²) in [5.41, 5.74) is 6.74. The van der Waals surface area contributed by atoms with Crippen molar-refractivity contribution < 1.29 is 5.11 Å². The lowest BCUT2D eigenvalue weighted by Gasteiger charge is -2.15. The van der Waals surface area contributed by atoms with E-state index in [0.29, 0.717) is 16.6 Å². The Kier molecular flexibility index (Phi) is 5.71. The molecule has 0 amide bonds. The Bertz CT molecular complexity index is 726. The largest absolute Gasteiger partial charge is 0.507 e.